The molecule has 164 valence electrons. The van der Waals surface area contributed by atoms with Crippen LogP contribution in [0, 0.1) is 6.92 Å². The second-order valence-corrected chi connectivity index (χ2v) is 7.33. The lowest BCUT2D eigenvalue weighted by molar-refractivity contribution is -0.138. The van der Waals surface area contributed by atoms with Gasteiger partial charge < -0.3 is 16.2 Å². The molecule has 1 aromatic heterocycles. The van der Waals surface area contributed by atoms with Crippen molar-refractivity contribution in [3.63, 3.8) is 0 Å². The van der Waals surface area contributed by atoms with E-state index in [0.717, 1.165) is 11.3 Å². The van der Waals surface area contributed by atoms with Crippen molar-refractivity contribution >= 4 is 23.2 Å². The van der Waals surface area contributed by atoms with E-state index in [1.807, 2.05) is 12.1 Å². The van der Waals surface area contributed by atoms with E-state index in [1.54, 1.807) is 18.2 Å². The lowest BCUT2D eigenvalue weighted by Gasteiger charge is -2.12. The summed E-state index contributed by atoms with van der Waals surface area (Å²) in [6.07, 6.45) is -3.63. The maximum atomic E-state index is 13.2. The molecular weight excluding hydrogens is 421 g/mol. The topological polar surface area (TPSA) is 112 Å². The van der Waals surface area contributed by atoms with Gasteiger partial charge in [0.1, 0.15) is 11.6 Å². The lowest BCUT2D eigenvalue weighted by Crippen LogP contribution is -2.10. The highest BCUT2D eigenvalue weighted by Gasteiger charge is 2.32. The maximum Gasteiger partial charge on any atom is 0.416 e. The molecule has 0 fully saturated rings. The summed E-state index contributed by atoms with van der Waals surface area (Å²) in [7, 11) is 0. The van der Waals surface area contributed by atoms with Gasteiger partial charge in [-0.3, -0.25) is 0 Å². The Morgan fingerprint density at radius 3 is 2.41 bits per heavy atom. The van der Waals surface area contributed by atoms with Crippen LogP contribution in [-0.2, 0) is 12.6 Å². The number of alkyl halides is 3. The van der Waals surface area contributed by atoms with Crippen molar-refractivity contribution in [1.82, 2.24) is 9.97 Å². The van der Waals surface area contributed by atoms with Crippen LogP contribution in [-0.4, -0.2) is 21.4 Å². The first kappa shape index (κ1) is 21.3. The zero-order valence-corrected chi connectivity index (χ0v) is 17.0. The molecule has 10 heteroatoms. The Morgan fingerprint density at radius 2 is 1.72 bits per heavy atom. The Labute approximate surface area is 181 Å². The smallest absolute Gasteiger partial charge is 0.416 e. The summed E-state index contributed by atoms with van der Waals surface area (Å²) < 4.78 is 45.1. The maximum absolute atomic E-state index is 13.2. The molecular formula is C22H19F3N6O. The first-order valence-electron chi connectivity index (χ1n) is 9.65. The number of aryl methyl sites for hydroxylation is 1. The predicted molar refractivity (Wildman–Crippen MR) is 116 cm³/mol. The molecule has 2 aromatic carbocycles. The van der Waals surface area contributed by atoms with Crippen molar-refractivity contribution in [2.45, 2.75) is 25.9 Å². The third-order valence-electron chi connectivity index (χ3n) is 4.85. The lowest BCUT2D eigenvalue weighted by atomic mass is 9.98. The number of halogens is 3. The van der Waals surface area contributed by atoms with E-state index in [9.17, 15) is 13.2 Å². The molecule has 0 saturated heterocycles. The number of hydrogen-bond donors (Lipinski definition) is 2. The van der Waals surface area contributed by atoms with Crippen LogP contribution in [0.15, 0.2) is 58.7 Å². The van der Waals surface area contributed by atoms with Gasteiger partial charge in [0, 0.05) is 18.9 Å². The van der Waals surface area contributed by atoms with E-state index in [2.05, 4.69) is 20.2 Å². The SMILES string of the molecule is Cc1ccc(CC2=NN=C(c3ccc(Oc4cc(N)nc(N)n4)cc3)C2)cc1C(F)(F)F. The number of nitrogens with two attached hydrogens (primary N) is 2. The van der Waals surface area contributed by atoms with E-state index in [1.165, 1.54) is 25.1 Å². The van der Waals surface area contributed by atoms with Crippen LogP contribution < -0.4 is 16.2 Å². The van der Waals surface area contributed by atoms with Crippen LogP contribution in [0.3, 0.4) is 0 Å². The zero-order valence-electron chi connectivity index (χ0n) is 17.0. The van der Waals surface area contributed by atoms with Crippen LogP contribution >= 0.6 is 0 Å². The number of hydrogen-bond acceptors (Lipinski definition) is 7. The monoisotopic (exact) mass is 440 g/mol. The van der Waals surface area contributed by atoms with E-state index in [4.69, 9.17) is 16.2 Å². The first-order valence-corrected chi connectivity index (χ1v) is 9.65. The fraction of sp³-hybridized carbons (Fsp3) is 0.182. The van der Waals surface area contributed by atoms with Crippen molar-refractivity contribution in [2.24, 2.45) is 10.2 Å². The van der Waals surface area contributed by atoms with Gasteiger partial charge in [0.15, 0.2) is 0 Å². The minimum Gasteiger partial charge on any atom is -0.439 e. The molecule has 32 heavy (non-hydrogen) atoms. The van der Waals surface area contributed by atoms with Crippen molar-refractivity contribution in [1.29, 1.82) is 0 Å². The third kappa shape index (κ3) is 4.85. The molecule has 2 heterocycles. The molecule has 4 N–H and O–H groups in total. The van der Waals surface area contributed by atoms with E-state index in [0.29, 0.717) is 29.9 Å². The van der Waals surface area contributed by atoms with Gasteiger partial charge in [-0.1, -0.05) is 12.1 Å². The van der Waals surface area contributed by atoms with E-state index >= 15 is 0 Å². The Morgan fingerprint density at radius 1 is 0.969 bits per heavy atom. The van der Waals surface area contributed by atoms with Gasteiger partial charge in [-0.2, -0.15) is 33.3 Å². The molecule has 7 nitrogen and oxygen atoms in total. The van der Waals surface area contributed by atoms with Crippen LogP contribution in [0.4, 0.5) is 24.9 Å². The predicted octanol–water partition coefficient (Wildman–Crippen LogP) is 4.55. The van der Waals surface area contributed by atoms with E-state index < -0.39 is 11.7 Å². The van der Waals surface area contributed by atoms with Gasteiger partial charge in [0.2, 0.25) is 11.8 Å². The summed E-state index contributed by atoms with van der Waals surface area (Å²) in [5.41, 5.74) is 13.6. The number of anilines is 2. The van der Waals surface area contributed by atoms with Crippen molar-refractivity contribution < 1.29 is 17.9 Å². The third-order valence-corrected chi connectivity index (χ3v) is 4.85. The van der Waals surface area contributed by atoms with Crippen LogP contribution in [0.25, 0.3) is 0 Å². The minimum atomic E-state index is -4.38. The molecule has 0 aliphatic carbocycles. The van der Waals surface area contributed by atoms with Crippen LogP contribution in [0.2, 0.25) is 0 Å². The van der Waals surface area contributed by atoms with Crippen LogP contribution in [0.5, 0.6) is 11.6 Å². The van der Waals surface area contributed by atoms with Gasteiger partial charge in [0.25, 0.3) is 0 Å². The van der Waals surface area contributed by atoms with Gasteiger partial charge in [0.05, 0.1) is 17.0 Å². The molecule has 0 bridgehead atoms. The fourth-order valence-corrected chi connectivity index (χ4v) is 3.32. The summed E-state index contributed by atoms with van der Waals surface area (Å²) in [6.45, 7) is 1.45. The number of nitrogens with zero attached hydrogens (tertiary/aromatic N) is 4. The number of ether oxygens (including phenoxy) is 1. The van der Waals surface area contributed by atoms with Crippen molar-refractivity contribution in [2.75, 3.05) is 11.5 Å². The minimum absolute atomic E-state index is 0.0116. The highest BCUT2D eigenvalue weighted by Crippen LogP contribution is 2.32. The Kier molecular flexibility index (Phi) is 5.52. The van der Waals surface area contributed by atoms with Crippen molar-refractivity contribution in [3.8, 4) is 11.6 Å². The molecule has 0 saturated carbocycles. The first-order chi connectivity index (χ1) is 15.2. The highest BCUT2D eigenvalue weighted by molar-refractivity contribution is 6.15. The molecule has 4 rings (SSSR count). The highest BCUT2D eigenvalue weighted by atomic mass is 19.4. The normalized spacial score (nSPS) is 13.6. The van der Waals surface area contributed by atoms with Crippen LogP contribution in [0.1, 0.15) is 28.7 Å². The Balaban J connectivity index is 1.40. The molecule has 0 amide bonds. The number of aromatic nitrogens is 2. The standard InChI is InChI=1S/C22H19F3N6O/c1-12-2-3-13(9-17(12)22(23,24)25)8-15-10-18(31-30-15)14-4-6-16(7-5-14)32-20-11-19(26)28-21(27)29-20/h2-7,9,11H,8,10H2,1H3,(H4,26,27,28,29). The summed E-state index contributed by atoms with van der Waals surface area (Å²) >= 11 is 0. The van der Waals surface area contributed by atoms with E-state index in [-0.39, 0.29) is 23.2 Å². The van der Waals surface area contributed by atoms with Gasteiger partial charge in [-0.25, -0.2) is 0 Å². The van der Waals surface area contributed by atoms with Crippen molar-refractivity contribution in [3.05, 3.63) is 70.8 Å². The molecule has 1 aliphatic heterocycles. The molecule has 0 atom stereocenters. The summed E-state index contributed by atoms with van der Waals surface area (Å²) in [6, 6.07) is 12.9. The zero-order chi connectivity index (χ0) is 22.9. The van der Waals surface area contributed by atoms with Gasteiger partial charge in [-0.15, -0.1) is 0 Å². The number of rotatable bonds is 5. The second-order valence-electron chi connectivity index (χ2n) is 7.33. The average molecular weight is 440 g/mol. The molecule has 0 unspecified atom stereocenters. The summed E-state index contributed by atoms with van der Waals surface area (Å²) in [5, 5.41) is 8.36. The van der Waals surface area contributed by atoms with Gasteiger partial charge in [-0.05, 0) is 53.9 Å². The van der Waals surface area contributed by atoms with Gasteiger partial charge >= 0.3 is 6.18 Å². The largest absolute Gasteiger partial charge is 0.439 e. The Bertz CT molecular complexity index is 1200. The molecule has 3 aromatic rings. The second kappa shape index (κ2) is 8.29. The number of benzene rings is 2. The summed E-state index contributed by atoms with van der Waals surface area (Å²) in [5.74, 6) is 0.954. The molecule has 0 radical (unpaired) electrons. The molecule has 1 aliphatic rings. The quantitative estimate of drug-likeness (QED) is 0.604. The fourth-order valence-electron chi connectivity index (χ4n) is 3.32. The summed E-state index contributed by atoms with van der Waals surface area (Å²) in [4.78, 5) is 7.74. The Hall–Kier alpha value is -3.95. The average Bonchev–Trinajstić information content (AvgIpc) is 3.17. The molecule has 0 spiro atoms. The number of nitrogen functional groups attached to an aromatic ring is 2.